The van der Waals surface area contributed by atoms with Crippen LogP contribution in [0.15, 0.2) is 42.5 Å². The second-order valence-corrected chi connectivity index (χ2v) is 4.12. The van der Waals surface area contributed by atoms with E-state index in [4.69, 9.17) is 27.9 Å². The van der Waals surface area contributed by atoms with E-state index in [2.05, 4.69) is 6.07 Å². The van der Waals surface area contributed by atoms with Crippen LogP contribution in [0.3, 0.4) is 0 Å². The van der Waals surface area contributed by atoms with Crippen molar-refractivity contribution in [1.82, 2.24) is 0 Å². The monoisotopic (exact) mass is 354 g/mol. The molecule has 18 heavy (non-hydrogen) atoms. The minimum absolute atomic E-state index is 0. The fraction of sp³-hybridized carbons (Fsp3) is 0.0769. The molecule has 0 aliphatic rings. The van der Waals surface area contributed by atoms with Crippen molar-refractivity contribution in [1.29, 1.82) is 0 Å². The molecule has 0 radical (unpaired) electrons. The summed E-state index contributed by atoms with van der Waals surface area (Å²) in [5.41, 5.74) is 1.06. The van der Waals surface area contributed by atoms with Crippen LogP contribution in [0.25, 0.3) is 0 Å². The zero-order chi connectivity index (χ0) is 11.4. The Balaban J connectivity index is 0.00000144. The van der Waals surface area contributed by atoms with Crippen LogP contribution in [-0.2, 0) is 6.61 Å². The van der Waals surface area contributed by atoms with E-state index in [1.54, 1.807) is 18.2 Å². The molecule has 0 aromatic heterocycles. The van der Waals surface area contributed by atoms with Gasteiger partial charge in [0.1, 0.15) is 5.75 Å². The Hall–Kier alpha value is 0.0662. The van der Waals surface area contributed by atoms with E-state index < -0.39 is 0 Å². The Morgan fingerprint density at radius 2 is 1.72 bits per heavy atom. The van der Waals surface area contributed by atoms with E-state index in [1.165, 1.54) is 0 Å². The molecule has 2 aromatic carbocycles. The number of ether oxygens (including phenoxy) is 1. The summed E-state index contributed by atoms with van der Waals surface area (Å²) in [6, 6.07) is 15.7. The normalized spacial score (nSPS) is 9.00. The SMILES string of the molecule is Clc1ccc(Cl)c(OCc2cc[c-]cc2)c1.[Br-].[Mg+2]. The van der Waals surface area contributed by atoms with Crippen LogP contribution in [0, 0.1) is 6.07 Å². The molecule has 0 bridgehead atoms. The Labute approximate surface area is 143 Å². The predicted molar refractivity (Wildman–Crippen MR) is 71.8 cm³/mol. The Kier molecular flexibility index (Phi) is 9.08. The third-order valence-electron chi connectivity index (χ3n) is 2.07. The smallest absolute Gasteiger partial charge is 1.00 e. The third kappa shape index (κ3) is 5.37. The van der Waals surface area contributed by atoms with Crippen molar-refractivity contribution in [2.45, 2.75) is 6.61 Å². The number of benzene rings is 2. The van der Waals surface area contributed by atoms with Crippen molar-refractivity contribution in [2.24, 2.45) is 0 Å². The molecule has 2 rings (SSSR count). The summed E-state index contributed by atoms with van der Waals surface area (Å²) in [5.74, 6) is 0.599. The molecule has 2 aromatic rings. The van der Waals surface area contributed by atoms with Gasteiger partial charge >= 0.3 is 23.1 Å². The van der Waals surface area contributed by atoms with Gasteiger partial charge in [-0.3, -0.25) is 0 Å². The first-order chi connectivity index (χ1) is 7.75. The topological polar surface area (TPSA) is 9.23 Å². The summed E-state index contributed by atoms with van der Waals surface area (Å²) in [6.45, 7) is 0.467. The molecule has 0 unspecified atom stereocenters. The minimum Gasteiger partial charge on any atom is -1.00 e. The minimum atomic E-state index is 0. The molecule has 1 nitrogen and oxygen atoms in total. The molecule has 90 valence electrons. The first-order valence-electron chi connectivity index (χ1n) is 4.78. The number of hydrogen-bond donors (Lipinski definition) is 0. The molecule has 0 fully saturated rings. The van der Waals surface area contributed by atoms with Crippen LogP contribution in [0.4, 0.5) is 0 Å². The number of hydrogen-bond acceptors (Lipinski definition) is 1. The van der Waals surface area contributed by atoms with Gasteiger partial charge in [-0.25, -0.2) is 0 Å². The zero-order valence-corrected chi connectivity index (χ0v) is 14.0. The molecule has 0 atom stereocenters. The van der Waals surface area contributed by atoms with Gasteiger partial charge in [-0.05, 0) is 12.1 Å². The van der Waals surface area contributed by atoms with Gasteiger partial charge in [0.05, 0.1) is 11.6 Å². The van der Waals surface area contributed by atoms with Crippen molar-refractivity contribution < 1.29 is 21.7 Å². The molecular formula is C13H9BrCl2MgO. The Morgan fingerprint density at radius 3 is 2.39 bits per heavy atom. The summed E-state index contributed by atoms with van der Waals surface area (Å²) < 4.78 is 5.57. The van der Waals surface area contributed by atoms with Crippen LogP contribution < -0.4 is 21.7 Å². The molecule has 0 N–H and O–H groups in total. The molecule has 0 heterocycles. The van der Waals surface area contributed by atoms with Gasteiger partial charge in [-0.15, -0.1) is 5.56 Å². The number of rotatable bonds is 3. The van der Waals surface area contributed by atoms with E-state index in [9.17, 15) is 0 Å². The second kappa shape index (κ2) is 9.05. The first kappa shape index (κ1) is 18.1. The molecule has 5 heteroatoms. The fourth-order valence-electron chi connectivity index (χ4n) is 1.27. The summed E-state index contributed by atoms with van der Waals surface area (Å²) in [7, 11) is 0. The average molecular weight is 356 g/mol. The molecule has 0 aliphatic carbocycles. The van der Waals surface area contributed by atoms with Crippen LogP contribution in [0.2, 0.25) is 10.0 Å². The van der Waals surface area contributed by atoms with E-state index in [-0.39, 0.29) is 40.0 Å². The van der Waals surface area contributed by atoms with Crippen LogP contribution >= 0.6 is 23.2 Å². The van der Waals surface area contributed by atoms with Crippen molar-refractivity contribution in [3.05, 3.63) is 64.1 Å². The molecule has 0 spiro atoms. The van der Waals surface area contributed by atoms with Gasteiger partial charge in [0.25, 0.3) is 0 Å². The van der Waals surface area contributed by atoms with Crippen LogP contribution in [-0.4, -0.2) is 23.1 Å². The summed E-state index contributed by atoms with van der Waals surface area (Å²) >= 11 is 11.8. The molecule has 0 saturated heterocycles. The Bertz CT molecular complexity index is 480. The maximum Gasteiger partial charge on any atom is 2.00 e. The third-order valence-corrected chi connectivity index (χ3v) is 2.62. The van der Waals surface area contributed by atoms with E-state index in [0.717, 1.165) is 5.56 Å². The van der Waals surface area contributed by atoms with Gasteiger partial charge < -0.3 is 21.7 Å². The van der Waals surface area contributed by atoms with Gasteiger partial charge in [0.15, 0.2) is 0 Å². The zero-order valence-electron chi connectivity index (χ0n) is 9.50. The summed E-state index contributed by atoms with van der Waals surface area (Å²) in [5, 5.41) is 1.17. The van der Waals surface area contributed by atoms with Crippen LogP contribution in [0.5, 0.6) is 5.75 Å². The quantitative estimate of drug-likeness (QED) is 0.589. The van der Waals surface area contributed by atoms with Crippen molar-refractivity contribution in [3.63, 3.8) is 0 Å². The van der Waals surface area contributed by atoms with Crippen molar-refractivity contribution in [2.75, 3.05) is 0 Å². The van der Waals surface area contributed by atoms with Gasteiger partial charge in [-0.1, -0.05) is 23.2 Å². The van der Waals surface area contributed by atoms with Crippen molar-refractivity contribution >= 4 is 46.3 Å². The van der Waals surface area contributed by atoms with Gasteiger partial charge in [-0.2, -0.15) is 30.3 Å². The van der Waals surface area contributed by atoms with E-state index >= 15 is 0 Å². The maximum absolute atomic E-state index is 5.97. The van der Waals surface area contributed by atoms with Crippen molar-refractivity contribution in [3.8, 4) is 5.75 Å². The van der Waals surface area contributed by atoms with E-state index in [1.807, 2.05) is 24.3 Å². The molecule has 0 aliphatic heterocycles. The predicted octanol–water partition coefficient (Wildman–Crippen LogP) is 0.996. The standard InChI is InChI=1S/C13H9Cl2O.BrH.Mg/c14-11-6-7-12(15)13(8-11)16-9-10-4-2-1-3-5-10;;/h2-8H,9H2;1H;/q-1;;+2/p-1. The van der Waals surface area contributed by atoms with Crippen LogP contribution in [0.1, 0.15) is 5.56 Å². The van der Waals surface area contributed by atoms with E-state index in [0.29, 0.717) is 22.4 Å². The number of halogens is 3. The second-order valence-electron chi connectivity index (χ2n) is 3.27. The Morgan fingerprint density at radius 1 is 1.06 bits per heavy atom. The van der Waals surface area contributed by atoms with Gasteiger partial charge in [0, 0.05) is 11.1 Å². The summed E-state index contributed by atoms with van der Waals surface area (Å²) in [6.07, 6.45) is 0. The van der Waals surface area contributed by atoms with Gasteiger partial charge in [0.2, 0.25) is 0 Å². The first-order valence-corrected chi connectivity index (χ1v) is 5.54. The average Bonchev–Trinajstić information content (AvgIpc) is 2.32. The summed E-state index contributed by atoms with van der Waals surface area (Å²) in [4.78, 5) is 0. The maximum atomic E-state index is 5.97. The molecule has 0 saturated carbocycles. The largest absolute Gasteiger partial charge is 2.00 e. The fourth-order valence-corrected chi connectivity index (χ4v) is 1.60. The molecule has 0 amide bonds. The molecular weight excluding hydrogens is 347 g/mol.